The molecule has 2 rings (SSSR count). The number of fused-ring (bicyclic) bond motifs is 1. The van der Waals surface area contributed by atoms with Crippen molar-refractivity contribution in [2.24, 2.45) is 28.1 Å². The molecule has 0 aromatic heterocycles. The molecule has 0 spiro atoms. The van der Waals surface area contributed by atoms with Crippen LogP contribution in [0.15, 0.2) is 0 Å². The van der Waals surface area contributed by atoms with Gasteiger partial charge in [-0.25, -0.2) is 0 Å². The molecule has 2 fully saturated rings. The number of carboxylic acid groups (broad SMARTS) is 4. The smallest absolute Gasteiger partial charge is 0.312 e. The highest BCUT2D eigenvalue weighted by Crippen LogP contribution is 2.89. The molecule has 0 saturated heterocycles. The molecule has 0 aliphatic heterocycles. The Balaban J connectivity index is 2.68. The zero-order valence-electron chi connectivity index (χ0n) is 10.1. The zero-order valence-corrected chi connectivity index (χ0v) is 10.1. The van der Waals surface area contributed by atoms with Gasteiger partial charge in [0.1, 0.15) is 5.41 Å². The summed E-state index contributed by atoms with van der Waals surface area (Å²) in [7, 11) is 0. The van der Waals surface area contributed by atoms with Gasteiger partial charge in [-0.3, -0.25) is 19.2 Å². The summed E-state index contributed by atoms with van der Waals surface area (Å²) in [5.74, 6) is -8.91. The average molecular weight is 272 g/mol. The van der Waals surface area contributed by atoms with E-state index >= 15 is 0 Å². The van der Waals surface area contributed by atoms with Crippen molar-refractivity contribution in [3.63, 3.8) is 0 Å². The monoisotopic (exact) mass is 272 g/mol. The van der Waals surface area contributed by atoms with Crippen LogP contribution in [0.3, 0.4) is 0 Å². The van der Waals surface area contributed by atoms with Gasteiger partial charge in [0, 0.05) is 5.92 Å². The Morgan fingerprint density at radius 2 is 1.21 bits per heavy atom. The van der Waals surface area contributed by atoms with E-state index in [2.05, 4.69) is 0 Å². The summed E-state index contributed by atoms with van der Waals surface area (Å²) < 4.78 is 0. The summed E-state index contributed by atoms with van der Waals surface area (Å²) in [6.07, 6.45) is 0. The van der Waals surface area contributed by atoms with Crippen molar-refractivity contribution >= 4 is 23.9 Å². The Labute approximate surface area is 106 Å². The van der Waals surface area contributed by atoms with Crippen LogP contribution in [0.25, 0.3) is 0 Å². The number of carbonyl (C=O) groups is 4. The molecule has 0 amide bonds. The Morgan fingerprint density at radius 1 is 0.789 bits per heavy atom. The van der Waals surface area contributed by atoms with Crippen molar-refractivity contribution < 1.29 is 39.6 Å². The molecule has 19 heavy (non-hydrogen) atoms. The highest BCUT2D eigenvalue weighted by Gasteiger charge is 3.01. The molecule has 0 aromatic carbocycles. The number of hydrogen-bond acceptors (Lipinski definition) is 4. The first kappa shape index (κ1) is 13.3. The molecule has 5 atom stereocenters. The lowest BCUT2D eigenvalue weighted by atomic mass is 9.53. The Kier molecular flexibility index (Phi) is 2.15. The van der Waals surface area contributed by atoms with Crippen molar-refractivity contribution in [3.8, 4) is 0 Å². The second-order valence-corrected chi connectivity index (χ2v) is 5.42. The molecule has 0 aromatic rings. The standard InChI is InChI=1S/C11H12O8/c1-9(6(14)15)3(5(12)13)4-10(2,7(16)17)11(4,9)8(18)19/h3-4H,1-2H3,(H,12,13)(H,14,15)(H,16,17)(H,18,19). The van der Waals surface area contributed by atoms with Gasteiger partial charge < -0.3 is 20.4 Å². The summed E-state index contributed by atoms with van der Waals surface area (Å²) in [4.78, 5) is 45.2. The Bertz CT molecular complexity index is 539. The molecule has 2 saturated carbocycles. The molecule has 4 N–H and O–H groups in total. The fourth-order valence-electron chi connectivity index (χ4n) is 4.15. The van der Waals surface area contributed by atoms with E-state index in [9.17, 15) is 34.5 Å². The fraction of sp³-hybridized carbons (Fsp3) is 0.636. The van der Waals surface area contributed by atoms with Crippen LogP contribution in [-0.4, -0.2) is 44.3 Å². The van der Waals surface area contributed by atoms with Gasteiger partial charge >= 0.3 is 23.9 Å². The number of hydrogen-bond donors (Lipinski definition) is 4. The normalized spacial score (nSPS) is 46.6. The maximum atomic E-state index is 11.4. The average Bonchev–Trinajstić information content (AvgIpc) is 2.74. The minimum atomic E-state index is -2.14. The van der Waals surface area contributed by atoms with E-state index in [1.54, 1.807) is 0 Å². The first-order valence-electron chi connectivity index (χ1n) is 5.45. The highest BCUT2D eigenvalue weighted by atomic mass is 16.4. The summed E-state index contributed by atoms with van der Waals surface area (Å²) in [6, 6.07) is 0. The van der Waals surface area contributed by atoms with Gasteiger partial charge in [-0.05, 0) is 13.8 Å². The molecular weight excluding hydrogens is 260 g/mol. The first-order chi connectivity index (χ1) is 8.52. The third-order valence-electron chi connectivity index (χ3n) is 5.09. The largest absolute Gasteiger partial charge is 0.481 e. The van der Waals surface area contributed by atoms with E-state index in [4.69, 9.17) is 5.11 Å². The molecule has 0 bridgehead atoms. The SMILES string of the molecule is CC1(C(=O)O)C(C(=O)O)C2C(C)(C(=O)O)C21C(=O)O. The van der Waals surface area contributed by atoms with Crippen LogP contribution in [0.5, 0.6) is 0 Å². The molecule has 104 valence electrons. The van der Waals surface area contributed by atoms with Crippen LogP contribution in [-0.2, 0) is 19.2 Å². The van der Waals surface area contributed by atoms with Crippen LogP contribution in [0.1, 0.15) is 13.8 Å². The van der Waals surface area contributed by atoms with Gasteiger partial charge in [-0.2, -0.15) is 0 Å². The predicted molar refractivity (Wildman–Crippen MR) is 56.2 cm³/mol. The van der Waals surface area contributed by atoms with Crippen LogP contribution < -0.4 is 0 Å². The third-order valence-corrected chi connectivity index (χ3v) is 5.09. The van der Waals surface area contributed by atoms with Crippen LogP contribution >= 0.6 is 0 Å². The van der Waals surface area contributed by atoms with E-state index in [0.29, 0.717) is 0 Å². The molecule has 2 aliphatic carbocycles. The van der Waals surface area contributed by atoms with E-state index in [0.717, 1.165) is 13.8 Å². The van der Waals surface area contributed by atoms with Gasteiger partial charge in [-0.15, -0.1) is 0 Å². The van der Waals surface area contributed by atoms with Gasteiger partial charge in [0.25, 0.3) is 0 Å². The first-order valence-corrected chi connectivity index (χ1v) is 5.45. The van der Waals surface area contributed by atoms with Crippen molar-refractivity contribution in [3.05, 3.63) is 0 Å². The van der Waals surface area contributed by atoms with Crippen molar-refractivity contribution in [1.82, 2.24) is 0 Å². The predicted octanol–water partition coefficient (Wildman–Crippen LogP) is -0.417. The molecule has 2 aliphatic rings. The maximum absolute atomic E-state index is 11.4. The Hall–Kier alpha value is -2.12. The van der Waals surface area contributed by atoms with Gasteiger partial charge in [-0.1, -0.05) is 0 Å². The Morgan fingerprint density at radius 3 is 1.47 bits per heavy atom. The molecule has 0 radical (unpaired) electrons. The molecular formula is C11H12O8. The lowest BCUT2D eigenvalue weighted by Gasteiger charge is -2.45. The van der Waals surface area contributed by atoms with Crippen molar-refractivity contribution in [1.29, 1.82) is 0 Å². The minimum Gasteiger partial charge on any atom is -0.481 e. The number of rotatable bonds is 4. The van der Waals surface area contributed by atoms with Crippen LogP contribution in [0, 0.1) is 28.1 Å². The maximum Gasteiger partial charge on any atom is 0.312 e. The quantitative estimate of drug-likeness (QED) is 0.539. The summed E-state index contributed by atoms with van der Waals surface area (Å²) >= 11 is 0. The lowest BCUT2D eigenvalue weighted by molar-refractivity contribution is -0.193. The summed E-state index contributed by atoms with van der Waals surface area (Å²) in [5, 5.41) is 36.7. The van der Waals surface area contributed by atoms with E-state index in [1.807, 2.05) is 0 Å². The van der Waals surface area contributed by atoms with Crippen molar-refractivity contribution in [2.75, 3.05) is 0 Å². The van der Waals surface area contributed by atoms with Gasteiger partial charge in [0.2, 0.25) is 0 Å². The van der Waals surface area contributed by atoms with Crippen LogP contribution in [0.2, 0.25) is 0 Å². The molecule has 8 heteroatoms. The number of carboxylic acids is 4. The molecule has 0 heterocycles. The molecule has 5 unspecified atom stereocenters. The second-order valence-electron chi connectivity index (χ2n) is 5.42. The van der Waals surface area contributed by atoms with Gasteiger partial charge in [0.15, 0.2) is 0 Å². The van der Waals surface area contributed by atoms with E-state index in [-0.39, 0.29) is 0 Å². The molecule has 8 nitrogen and oxygen atoms in total. The van der Waals surface area contributed by atoms with E-state index < -0.39 is 52.0 Å². The topological polar surface area (TPSA) is 149 Å². The third kappa shape index (κ3) is 0.913. The summed E-state index contributed by atoms with van der Waals surface area (Å²) in [6.45, 7) is 2.09. The zero-order chi connectivity index (χ0) is 15.0. The van der Waals surface area contributed by atoms with E-state index in [1.165, 1.54) is 0 Å². The van der Waals surface area contributed by atoms with Crippen LogP contribution in [0.4, 0.5) is 0 Å². The lowest BCUT2D eigenvalue weighted by Crippen LogP contribution is -2.60. The van der Waals surface area contributed by atoms with Gasteiger partial charge in [0.05, 0.1) is 16.7 Å². The second kappa shape index (κ2) is 3.06. The minimum absolute atomic E-state index is 0.993. The number of aliphatic carboxylic acids is 4. The highest BCUT2D eigenvalue weighted by molar-refractivity contribution is 6.06. The fourth-order valence-corrected chi connectivity index (χ4v) is 4.15. The van der Waals surface area contributed by atoms with Crippen molar-refractivity contribution in [2.45, 2.75) is 13.8 Å². The summed E-state index contributed by atoms with van der Waals surface area (Å²) in [5.41, 5.74) is -6.09.